The Morgan fingerprint density at radius 3 is 1.93 bits per heavy atom. The lowest BCUT2D eigenvalue weighted by Gasteiger charge is -2.26. The van der Waals surface area contributed by atoms with Gasteiger partial charge in [-0.05, 0) is 93.4 Å². The van der Waals surface area contributed by atoms with E-state index in [1.54, 1.807) is 0 Å². The number of nitrogens with zero attached hydrogens (tertiary/aromatic N) is 2. The van der Waals surface area contributed by atoms with Gasteiger partial charge < -0.3 is 4.90 Å². The lowest BCUT2D eigenvalue weighted by Crippen LogP contribution is -2.10. The van der Waals surface area contributed by atoms with E-state index in [2.05, 4.69) is 157 Å². The van der Waals surface area contributed by atoms with Crippen molar-refractivity contribution in [1.82, 2.24) is 4.98 Å². The molecule has 2 heterocycles. The predicted molar refractivity (Wildman–Crippen MR) is 196 cm³/mol. The average molecular weight is 607 g/mol. The van der Waals surface area contributed by atoms with Crippen molar-refractivity contribution in [3.63, 3.8) is 0 Å². The maximum absolute atomic E-state index is 5.00. The normalized spacial score (nSPS) is 12.2. The highest BCUT2D eigenvalue weighted by atomic mass is 32.1. The monoisotopic (exact) mass is 606 g/mol. The molecule has 0 fully saturated rings. The second-order valence-electron chi connectivity index (χ2n) is 11.9. The van der Waals surface area contributed by atoms with Gasteiger partial charge in [-0.3, -0.25) is 4.98 Å². The zero-order valence-electron chi connectivity index (χ0n) is 25.2. The first-order valence-electron chi connectivity index (χ1n) is 15.8. The van der Waals surface area contributed by atoms with Gasteiger partial charge in [-0.15, -0.1) is 11.3 Å². The Kier molecular flexibility index (Phi) is 6.50. The third-order valence-electron chi connectivity index (χ3n) is 9.21. The molecular weight excluding hydrogens is 577 g/mol. The topological polar surface area (TPSA) is 16.1 Å². The van der Waals surface area contributed by atoms with E-state index in [0.717, 1.165) is 35.4 Å². The van der Waals surface area contributed by atoms with Gasteiger partial charge >= 0.3 is 0 Å². The van der Waals surface area contributed by atoms with E-state index in [0.29, 0.717) is 0 Å². The third-order valence-corrected chi connectivity index (χ3v) is 10.5. The molecule has 3 heteroatoms. The van der Waals surface area contributed by atoms with Crippen LogP contribution in [0.3, 0.4) is 0 Å². The summed E-state index contributed by atoms with van der Waals surface area (Å²) >= 11 is 1.90. The van der Waals surface area contributed by atoms with E-state index in [1.165, 1.54) is 59.3 Å². The minimum absolute atomic E-state index is 1.05. The number of anilines is 3. The number of benzene rings is 6. The molecule has 0 aliphatic heterocycles. The Balaban J connectivity index is 1.19. The molecule has 6 aromatic carbocycles. The Hall–Kier alpha value is -5.51. The van der Waals surface area contributed by atoms with Crippen molar-refractivity contribution in [3.05, 3.63) is 168 Å². The fraction of sp³-hybridized carbons (Fsp3) is 0.0465. The van der Waals surface area contributed by atoms with Crippen LogP contribution in [-0.2, 0) is 12.8 Å². The maximum atomic E-state index is 5.00. The number of aryl methyl sites for hydroxylation is 2. The fourth-order valence-electron chi connectivity index (χ4n) is 6.92. The summed E-state index contributed by atoms with van der Waals surface area (Å²) in [6, 6.07) is 54.8. The van der Waals surface area contributed by atoms with E-state index in [-0.39, 0.29) is 0 Å². The third kappa shape index (κ3) is 4.60. The Labute approximate surface area is 272 Å². The minimum atomic E-state index is 1.05. The van der Waals surface area contributed by atoms with Crippen molar-refractivity contribution in [2.24, 2.45) is 0 Å². The van der Waals surface area contributed by atoms with Gasteiger partial charge in [0.2, 0.25) is 0 Å². The van der Waals surface area contributed by atoms with Crippen molar-refractivity contribution in [2.75, 3.05) is 4.90 Å². The summed E-state index contributed by atoms with van der Waals surface area (Å²) in [5.74, 6) is 0. The summed E-state index contributed by atoms with van der Waals surface area (Å²) < 4.78 is 1.23. The van der Waals surface area contributed by atoms with Crippen LogP contribution in [0.1, 0.15) is 10.4 Å². The van der Waals surface area contributed by atoms with Gasteiger partial charge in [0.15, 0.2) is 0 Å². The van der Waals surface area contributed by atoms with E-state index < -0.39 is 0 Å². The van der Waals surface area contributed by atoms with Gasteiger partial charge in [0.05, 0.1) is 15.9 Å². The zero-order chi connectivity index (χ0) is 30.5. The van der Waals surface area contributed by atoms with Crippen LogP contribution >= 0.6 is 11.3 Å². The number of fused-ring (bicyclic) bond motifs is 6. The second kappa shape index (κ2) is 11.1. The van der Waals surface area contributed by atoms with E-state index in [9.17, 15) is 0 Å². The van der Waals surface area contributed by atoms with Crippen LogP contribution in [0.2, 0.25) is 0 Å². The van der Waals surface area contributed by atoms with E-state index >= 15 is 0 Å². The SMILES string of the molecule is c1ccc(-c2ccc(N(c3ccc(-c4ccc5ccccc5c4)cc3)c3ccnc4c5c(sc34)CCc3ccccc3-5)cc2)cc1. The summed E-state index contributed by atoms with van der Waals surface area (Å²) in [6.07, 6.45) is 4.11. The molecule has 1 aliphatic rings. The van der Waals surface area contributed by atoms with Crippen LogP contribution < -0.4 is 4.90 Å². The summed E-state index contributed by atoms with van der Waals surface area (Å²) in [7, 11) is 0. The molecule has 0 saturated heterocycles. The Morgan fingerprint density at radius 2 is 1.15 bits per heavy atom. The molecular formula is C43H30N2S. The quantitative estimate of drug-likeness (QED) is 0.194. The lowest BCUT2D eigenvalue weighted by atomic mass is 9.90. The molecule has 46 heavy (non-hydrogen) atoms. The standard InChI is InChI=1S/C43H30N2S/c1-2-8-29(9-3-1)31-16-21-36(22-17-31)45(37-23-18-32(19-24-37)35-15-14-30-10-4-5-12-34(30)28-35)39-26-27-44-42-41-38-13-7-6-11-33(38)20-25-40(41)46-43(39)42/h1-19,21-24,26-28H,20,25H2. The molecule has 2 nitrogen and oxygen atoms in total. The highest BCUT2D eigenvalue weighted by Gasteiger charge is 2.25. The van der Waals surface area contributed by atoms with Crippen molar-refractivity contribution in [1.29, 1.82) is 0 Å². The highest BCUT2D eigenvalue weighted by Crippen LogP contribution is 2.48. The summed E-state index contributed by atoms with van der Waals surface area (Å²) in [6.45, 7) is 0. The number of pyridine rings is 1. The van der Waals surface area contributed by atoms with Crippen LogP contribution in [0.25, 0.3) is 54.4 Å². The first-order valence-corrected chi connectivity index (χ1v) is 16.7. The molecule has 8 aromatic rings. The molecule has 0 amide bonds. The van der Waals surface area contributed by atoms with Gasteiger partial charge in [0, 0.05) is 28.0 Å². The number of aromatic nitrogens is 1. The van der Waals surface area contributed by atoms with Crippen molar-refractivity contribution in [2.45, 2.75) is 12.8 Å². The van der Waals surface area contributed by atoms with Gasteiger partial charge in [-0.25, -0.2) is 0 Å². The molecule has 0 unspecified atom stereocenters. The van der Waals surface area contributed by atoms with Crippen molar-refractivity contribution in [3.8, 4) is 33.4 Å². The Bertz CT molecular complexity index is 2350. The molecule has 9 rings (SSSR count). The first-order chi connectivity index (χ1) is 22.8. The summed E-state index contributed by atoms with van der Waals surface area (Å²) in [4.78, 5) is 8.83. The summed E-state index contributed by atoms with van der Waals surface area (Å²) in [5.41, 5.74) is 13.4. The number of rotatable bonds is 5. The predicted octanol–water partition coefficient (Wildman–Crippen LogP) is 12.0. The van der Waals surface area contributed by atoms with Crippen LogP contribution in [0.15, 0.2) is 158 Å². The molecule has 0 atom stereocenters. The summed E-state index contributed by atoms with van der Waals surface area (Å²) in [5, 5.41) is 2.52. The number of hydrogen-bond acceptors (Lipinski definition) is 3. The maximum Gasteiger partial charge on any atom is 0.0912 e. The number of hydrogen-bond donors (Lipinski definition) is 0. The van der Waals surface area contributed by atoms with Crippen molar-refractivity contribution >= 4 is 49.4 Å². The highest BCUT2D eigenvalue weighted by molar-refractivity contribution is 7.20. The first kappa shape index (κ1) is 26.9. The van der Waals surface area contributed by atoms with Gasteiger partial charge in [-0.2, -0.15) is 0 Å². The largest absolute Gasteiger partial charge is 0.309 e. The van der Waals surface area contributed by atoms with E-state index in [4.69, 9.17) is 4.98 Å². The number of thiophene rings is 1. The molecule has 0 bridgehead atoms. The molecule has 1 aliphatic carbocycles. The fourth-order valence-corrected chi connectivity index (χ4v) is 8.19. The smallest absolute Gasteiger partial charge is 0.0912 e. The van der Waals surface area contributed by atoms with Gasteiger partial charge in [0.25, 0.3) is 0 Å². The van der Waals surface area contributed by atoms with E-state index in [1.807, 2.05) is 17.5 Å². The van der Waals surface area contributed by atoms with Gasteiger partial charge in [0.1, 0.15) is 0 Å². The molecule has 0 radical (unpaired) electrons. The molecule has 0 saturated carbocycles. The lowest BCUT2D eigenvalue weighted by molar-refractivity contribution is 0.964. The minimum Gasteiger partial charge on any atom is -0.309 e. The van der Waals surface area contributed by atoms with Crippen LogP contribution in [0.4, 0.5) is 17.1 Å². The average Bonchev–Trinajstić information content (AvgIpc) is 3.53. The van der Waals surface area contributed by atoms with Crippen LogP contribution in [0, 0.1) is 0 Å². The van der Waals surface area contributed by atoms with Gasteiger partial charge in [-0.1, -0.05) is 115 Å². The zero-order valence-corrected chi connectivity index (χ0v) is 26.0. The van der Waals surface area contributed by atoms with Crippen LogP contribution in [0.5, 0.6) is 0 Å². The molecule has 0 N–H and O–H groups in total. The molecule has 0 spiro atoms. The molecule has 218 valence electrons. The van der Waals surface area contributed by atoms with Crippen LogP contribution in [-0.4, -0.2) is 4.98 Å². The molecule has 2 aromatic heterocycles. The Morgan fingerprint density at radius 1 is 0.522 bits per heavy atom. The second-order valence-corrected chi connectivity index (χ2v) is 13.0. The van der Waals surface area contributed by atoms with Crippen molar-refractivity contribution < 1.29 is 0 Å².